The van der Waals surface area contributed by atoms with E-state index in [1.54, 1.807) is 12.3 Å². The summed E-state index contributed by atoms with van der Waals surface area (Å²) < 4.78 is 0. The van der Waals surface area contributed by atoms with Crippen molar-refractivity contribution in [1.82, 2.24) is 4.98 Å². The monoisotopic (exact) mass is 328 g/mol. The highest BCUT2D eigenvalue weighted by molar-refractivity contribution is 5.90. The predicted octanol–water partition coefficient (Wildman–Crippen LogP) is 1.03. The first-order valence-corrected chi connectivity index (χ1v) is 8.11. The van der Waals surface area contributed by atoms with Crippen molar-refractivity contribution in [1.29, 1.82) is 0 Å². The third kappa shape index (κ3) is 3.29. The third-order valence-corrected chi connectivity index (χ3v) is 4.14. The number of pyridine rings is 1. The molecule has 2 N–H and O–H groups in total. The average molecular weight is 328 g/mol. The van der Waals surface area contributed by atoms with Crippen LogP contribution in [-0.2, 0) is 4.79 Å². The Morgan fingerprint density at radius 1 is 1.21 bits per heavy atom. The van der Waals surface area contributed by atoms with Gasteiger partial charge in [0.1, 0.15) is 17.2 Å². The summed E-state index contributed by atoms with van der Waals surface area (Å²) in [4.78, 5) is 41.4. The van der Waals surface area contributed by atoms with Crippen molar-refractivity contribution in [2.24, 2.45) is 0 Å². The fourth-order valence-electron chi connectivity index (χ4n) is 2.83. The summed E-state index contributed by atoms with van der Waals surface area (Å²) >= 11 is 0. The summed E-state index contributed by atoms with van der Waals surface area (Å²) in [6.07, 6.45) is 3.93. The molecule has 0 unspecified atom stereocenters. The van der Waals surface area contributed by atoms with Crippen molar-refractivity contribution >= 4 is 23.1 Å². The molecule has 0 radical (unpaired) electrons. The van der Waals surface area contributed by atoms with Crippen molar-refractivity contribution in [2.45, 2.75) is 26.2 Å². The first-order valence-electron chi connectivity index (χ1n) is 8.11. The molecule has 1 fully saturated rings. The number of amides is 1. The number of nitrogens with zero attached hydrogens (tertiary/aromatic N) is 2. The standard InChI is InChI=1S/C17H20N4O3/c1-11-4-5-12(19-10-11)20-13(22)6-7-18-14-15(17(24)16(14)23)21-8-2-3-9-21/h4-5,10,18H,2-3,6-9H2,1H3,(H,19,20,22). The molecule has 1 aliphatic rings. The molecule has 1 aromatic carbocycles. The van der Waals surface area contributed by atoms with E-state index < -0.39 is 10.9 Å². The summed E-state index contributed by atoms with van der Waals surface area (Å²) in [5.41, 5.74) is 0.940. The Balaban J connectivity index is 1.52. The number of hydrogen-bond donors (Lipinski definition) is 2. The Morgan fingerprint density at radius 2 is 1.96 bits per heavy atom. The van der Waals surface area contributed by atoms with Crippen LogP contribution in [0, 0.1) is 6.92 Å². The molecule has 2 aromatic rings. The zero-order valence-electron chi connectivity index (χ0n) is 13.6. The SMILES string of the molecule is Cc1ccc(NC(=O)CCNc2c(N3CCCC3)c(=O)c2=O)nc1. The number of anilines is 3. The predicted molar refractivity (Wildman–Crippen MR) is 93.5 cm³/mol. The van der Waals surface area contributed by atoms with Gasteiger partial charge in [-0.25, -0.2) is 4.98 Å². The van der Waals surface area contributed by atoms with Gasteiger partial charge in [-0.15, -0.1) is 0 Å². The third-order valence-electron chi connectivity index (χ3n) is 4.14. The van der Waals surface area contributed by atoms with E-state index in [1.807, 2.05) is 17.9 Å². The molecule has 0 bridgehead atoms. The molecule has 1 aromatic heterocycles. The molecule has 1 amide bonds. The quantitative estimate of drug-likeness (QED) is 0.770. The Labute approximate surface area is 139 Å². The number of aryl methyl sites for hydroxylation is 1. The topological polar surface area (TPSA) is 91.4 Å². The first-order chi connectivity index (χ1) is 11.6. The molecule has 2 heterocycles. The van der Waals surface area contributed by atoms with Gasteiger partial charge in [0, 0.05) is 32.3 Å². The van der Waals surface area contributed by atoms with Gasteiger partial charge in [-0.3, -0.25) is 14.4 Å². The maximum Gasteiger partial charge on any atom is 0.253 e. The number of nitrogens with one attached hydrogen (secondary N) is 2. The fourth-order valence-corrected chi connectivity index (χ4v) is 2.83. The second kappa shape index (κ2) is 6.82. The van der Waals surface area contributed by atoms with Crippen molar-refractivity contribution in [3.8, 4) is 0 Å². The van der Waals surface area contributed by atoms with Crippen LogP contribution < -0.4 is 26.4 Å². The van der Waals surface area contributed by atoms with Gasteiger partial charge < -0.3 is 15.5 Å². The number of aromatic nitrogens is 1. The largest absolute Gasteiger partial charge is 0.379 e. The highest BCUT2D eigenvalue weighted by Crippen LogP contribution is 2.24. The molecule has 3 rings (SSSR count). The van der Waals surface area contributed by atoms with E-state index in [0.717, 1.165) is 31.5 Å². The van der Waals surface area contributed by atoms with Gasteiger partial charge in [-0.2, -0.15) is 0 Å². The molecule has 1 saturated heterocycles. The lowest BCUT2D eigenvalue weighted by molar-refractivity contribution is -0.116. The smallest absolute Gasteiger partial charge is 0.253 e. The zero-order valence-corrected chi connectivity index (χ0v) is 13.6. The molecule has 0 saturated carbocycles. The van der Waals surface area contributed by atoms with Crippen LogP contribution in [0.25, 0.3) is 0 Å². The summed E-state index contributed by atoms with van der Waals surface area (Å²) in [5.74, 6) is 0.303. The Kier molecular flexibility index (Phi) is 4.59. The fraction of sp³-hybridized carbons (Fsp3) is 0.412. The number of rotatable bonds is 6. The van der Waals surface area contributed by atoms with Gasteiger partial charge in [-0.1, -0.05) is 6.07 Å². The van der Waals surface area contributed by atoms with Crippen LogP contribution in [0.15, 0.2) is 27.9 Å². The molecule has 0 atom stereocenters. The van der Waals surface area contributed by atoms with Crippen molar-refractivity contribution in [3.63, 3.8) is 0 Å². The lowest BCUT2D eigenvalue weighted by Crippen LogP contribution is -2.42. The maximum atomic E-state index is 11.9. The minimum absolute atomic E-state index is 0.188. The van der Waals surface area contributed by atoms with Crippen LogP contribution in [0.1, 0.15) is 24.8 Å². The van der Waals surface area contributed by atoms with Crippen LogP contribution >= 0.6 is 0 Å². The van der Waals surface area contributed by atoms with E-state index in [0.29, 0.717) is 23.7 Å². The van der Waals surface area contributed by atoms with Gasteiger partial charge in [0.05, 0.1) is 0 Å². The van der Waals surface area contributed by atoms with E-state index in [2.05, 4.69) is 15.6 Å². The van der Waals surface area contributed by atoms with Gasteiger partial charge in [0.25, 0.3) is 10.9 Å². The molecule has 1 aliphatic heterocycles. The highest BCUT2D eigenvalue weighted by Gasteiger charge is 2.27. The Bertz CT molecular complexity index is 800. The minimum Gasteiger partial charge on any atom is -0.379 e. The van der Waals surface area contributed by atoms with Gasteiger partial charge >= 0.3 is 0 Å². The summed E-state index contributed by atoms with van der Waals surface area (Å²) in [7, 11) is 0. The van der Waals surface area contributed by atoms with Crippen LogP contribution in [0.4, 0.5) is 17.2 Å². The first kappa shape index (κ1) is 16.2. The van der Waals surface area contributed by atoms with E-state index in [1.165, 1.54) is 0 Å². The van der Waals surface area contributed by atoms with Gasteiger partial charge in [-0.05, 0) is 31.4 Å². The number of carbonyl (C=O) groups is 1. The lowest BCUT2D eigenvalue weighted by atomic mass is 10.1. The van der Waals surface area contributed by atoms with Crippen molar-refractivity contribution in [2.75, 3.05) is 35.2 Å². The molecular formula is C17H20N4O3. The number of carbonyl (C=O) groups excluding carboxylic acids is 1. The summed E-state index contributed by atoms with van der Waals surface area (Å²) in [6, 6.07) is 3.61. The van der Waals surface area contributed by atoms with E-state index in [4.69, 9.17) is 0 Å². The lowest BCUT2D eigenvalue weighted by Gasteiger charge is -2.22. The molecule has 7 heteroatoms. The van der Waals surface area contributed by atoms with Gasteiger partial charge in [0.15, 0.2) is 0 Å². The van der Waals surface area contributed by atoms with E-state index in [9.17, 15) is 14.4 Å². The second-order valence-electron chi connectivity index (χ2n) is 6.02. The molecule has 24 heavy (non-hydrogen) atoms. The molecule has 126 valence electrons. The molecule has 0 aliphatic carbocycles. The van der Waals surface area contributed by atoms with Crippen LogP contribution in [0.2, 0.25) is 0 Å². The normalized spacial score (nSPS) is 14.1. The Morgan fingerprint density at radius 3 is 2.62 bits per heavy atom. The van der Waals surface area contributed by atoms with Crippen LogP contribution in [0.3, 0.4) is 0 Å². The van der Waals surface area contributed by atoms with Crippen molar-refractivity contribution in [3.05, 3.63) is 44.3 Å². The highest BCUT2D eigenvalue weighted by atomic mass is 16.2. The summed E-state index contributed by atoms with van der Waals surface area (Å²) in [5, 5.41) is 5.64. The van der Waals surface area contributed by atoms with Crippen molar-refractivity contribution < 1.29 is 4.79 Å². The van der Waals surface area contributed by atoms with Crippen LogP contribution in [0.5, 0.6) is 0 Å². The number of hydrogen-bond acceptors (Lipinski definition) is 6. The molecular weight excluding hydrogens is 308 g/mol. The second-order valence-corrected chi connectivity index (χ2v) is 6.02. The minimum atomic E-state index is -0.488. The Hall–Kier alpha value is -2.70. The molecule has 7 nitrogen and oxygen atoms in total. The maximum absolute atomic E-state index is 11.9. The van der Waals surface area contributed by atoms with E-state index in [-0.39, 0.29) is 12.3 Å². The van der Waals surface area contributed by atoms with Gasteiger partial charge in [0.2, 0.25) is 5.91 Å². The molecule has 0 spiro atoms. The average Bonchev–Trinajstić information content (AvgIpc) is 3.09. The van der Waals surface area contributed by atoms with E-state index >= 15 is 0 Å². The summed E-state index contributed by atoms with van der Waals surface area (Å²) in [6.45, 7) is 3.83. The van der Waals surface area contributed by atoms with Crippen LogP contribution in [-0.4, -0.2) is 30.5 Å². The zero-order chi connectivity index (χ0) is 17.1.